The normalized spacial score (nSPS) is 11.0. The van der Waals surface area contributed by atoms with E-state index in [1.807, 2.05) is 41.5 Å². The Morgan fingerprint density at radius 2 is 1.06 bits per heavy atom. The molecule has 0 aliphatic carbocycles. The van der Waals surface area contributed by atoms with Gasteiger partial charge < -0.3 is 30.0 Å². The van der Waals surface area contributed by atoms with E-state index >= 15 is 0 Å². The van der Waals surface area contributed by atoms with Gasteiger partial charge in [-0.1, -0.05) is 37.3 Å². The smallest absolute Gasteiger partial charge is 0.407 e. The molecule has 0 saturated heterocycles. The molecule has 0 rings (SSSR count). The summed E-state index contributed by atoms with van der Waals surface area (Å²) in [4.78, 5) is 43.7. The van der Waals surface area contributed by atoms with Crippen LogP contribution in [0.4, 0.5) is 9.59 Å². The van der Waals surface area contributed by atoms with Crippen LogP contribution in [0.3, 0.4) is 0 Å². The van der Waals surface area contributed by atoms with Crippen LogP contribution in [0.1, 0.15) is 106 Å². The van der Waals surface area contributed by atoms with Gasteiger partial charge in [0, 0.05) is 25.9 Å². The minimum atomic E-state index is -0.753. The molecular formula is C25H47ClN2O8. The Morgan fingerprint density at radius 3 is 1.42 bits per heavy atom. The van der Waals surface area contributed by atoms with Crippen LogP contribution >= 0.6 is 11.6 Å². The predicted octanol–water partition coefficient (Wildman–Crippen LogP) is 5.75. The van der Waals surface area contributed by atoms with Gasteiger partial charge in [0.2, 0.25) is 0 Å². The van der Waals surface area contributed by atoms with Crippen LogP contribution < -0.4 is 10.6 Å². The second kappa shape index (κ2) is 20.9. The molecule has 212 valence electrons. The average Bonchev–Trinajstić information content (AvgIpc) is 2.70. The van der Waals surface area contributed by atoms with Crippen LogP contribution in [0, 0.1) is 0 Å². The number of hydrogen-bond donors (Lipinski definition) is 3. The van der Waals surface area contributed by atoms with Gasteiger partial charge in [0.05, 0.1) is 0 Å². The van der Waals surface area contributed by atoms with E-state index in [0.717, 1.165) is 44.9 Å². The number of esters is 1. The summed E-state index contributed by atoms with van der Waals surface area (Å²) in [5.41, 5.74) is -0.932. The largest absolute Gasteiger partial charge is 0.481 e. The van der Waals surface area contributed by atoms with E-state index in [-0.39, 0.29) is 18.5 Å². The molecule has 36 heavy (non-hydrogen) atoms. The third-order valence-corrected chi connectivity index (χ3v) is 4.29. The number of alkyl carbamates (subject to hydrolysis) is 2. The Kier molecular flexibility index (Phi) is 20.9. The molecule has 0 aromatic rings. The van der Waals surface area contributed by atoms with Gasteiger partial charge in [0.1, 0.15) is 11.2 Å². The number of carboxylic acids is 1. The van der Waals surface area contributed by atoms with Gasteiger partial charge in [-0.2, -0.15) is 0 Å². The number of aliphatic carboxylic acids is 1. The molecule has 0 aliphatic heterocycles. The zero-order chi connectivity index (χ0) is 28.0. The van der Waals surface area contributed by atoms with E-state index in [1.54, 1.807) is 0 Å². The molecule has 0 unspecified atom stereocenters. The number of amides is 2. The van der Waals surface area contributed by atoms with E-state index in [9.17, 15) is 19.2 Å². The Bertz CT molecular complexity index is 631. The number of hydrogen-bond acceptors (Lipinski definition) is 7. The maximum atomic E-state index is 11.3. The second-order valence-corrected chi connectivity index (χ2v) is 10.4. The van der Waals surface area contributed by atoms with Crippen molar-refractivity contribution in [3.05, 3.63) is 0 Å². The minimum absolute atomic E-state index is 0.0847. The van der Waals surface area contributed by atoms with Crippen LogP contribution in [-0.2, 0) is 23.8 Å². The first-order valence-corrected chi connectivity index (χ1v) is 13.1. The molecule has 0 aliphatic rings. The van der Waals surface area contributed by atoms with Gasteiger partial charge in [0.15, 0.2) is 6.07 Å². The second-order valence-electron chi connectivity index (χ2n) is 10.2. The van der Waals surface area contributed by atoms with Crippen LogP contribution in [0.25, 0.3) is 0 Å². The van der Waals surface area contributed by atoms with Crippen molar-refractivity contribution >= 4 is 35.7 Å². The van der Waals surface area contributed by atoms with Gasteiger partial charge in [0.25, 0.3) is 0 Å². The third-order valence-electron chi connectivity index (χ3n) is 4.18. The first-order valence-electron chi connectivity index (χ1n) is 12.5. The molecule has 0 spiro atoms. The fraction of sp³-hybridized carbons (Fsp3) is 0.840. The standard InChI is InChI=1S/C13H24ClNO4.C12H23NO4/c1-13(2,3)19-12(17)15-9-7-5-4-6-8-11(16)18-10-14;1-12(2,3)17-11(16)13-9-7-5-4-6-8-10(14)15/h4-10H2,1-3H3,(H,15,17);4-9H2,1-3H3,(H,13,16)(H,14,15). The number of unbranched alkanes of at least 4 members (excludes halogenated alkanes) is 6. The van der Waals surface area contributed by atoms with Crippen molar-refractivity contribution in [2.75, 3.05) is 19.2 Å². The highest BCUT2D eigenvalue weighted by Gasteiger charge is 2.16. The number of carbonyl (C=O) groups excluding carboxylic acids is 3. The van der Waals surface area contributed by atoms with Gasteiger partial charge >= 0.3 is 24.1 Å². The summed E-state index contributed by atoms with van der Waals surface area (Å²) in [6.07, 6.45) is 6.68. The van der Waals surface area contributed by atoms with Crippen molar-refractivity contribution in [3.8, 4) is 0 Å². The highest BCUT2D eigenvalue weighted by atomic mass is 35.5. The van der Waals surface area contributed by atoms with Crippen molar-refractivity contribution in [2.24, 2.45) is 0 Å². The van der Waals surface area contributed by atoms with Gasteiger partial charge in [-0.05, 0) is 67.2 Å². The lowest BCUT2D eigenvalue weighted by molar-refractivity contribution is -0.141. The van der Waals surface area contributed by atoms with Crippen molar-refractivity contribution in [2.45, 2.75) is 117 Å². The Balaban J connectivity index is 0. The number of carboxylic acid groups (broad SMARTS) is 1. The highest BCUT2D eigenvalue weighted by molar-refractivity contribution is 6.17. The Labute approximate surface area is 221 Å². The third kappa shape index (κ3) is 31.8. The fourth-order valence-corrected chi connectivity index (χ4v) is 2.77. The molecule has 11 heteroatoms. The number of rotatable bonds is 15. The Hall–Kier alpha value is -2.23. The molecule has 0 aromatic carbocycles. The van der Waals surface area contributed by atoms with E-state index < -0.39 is 29.4 Å². The first-order chi connectivity index (χ1) is 16.7. The lowest BCUT2D eigenvalue weighted by atomic mass is 10.1. The molecule has 0 radical (unpaired) electrons. The van der Waals surface area contributed by atoms with E-state index in [0.29, 0.717) is 25.9 Å². The summed E-state index contributed by atoms with van der Waals surface area (Å²) in [6.45, 7) is 12.1. The molecule has 3 N–H and O–H groups in total. The van der Waals surface area contributed by atoms with Crippen molar-refractivity contribution in [1.82, 2.24) is 10.6 Å². The topological polar surface area (TPSA) is 140 Å². The molecule has 0 saturated carbocycles. The number of ether oxygens (including phenoxy) is 3. The van der Waals surface area contributed by atoms with Gasteiger partial charge in [-0.3, -0.25) is 9.59 Å². The maximum absolute atomic E-state index is 11.3. The molecule has 0 fully saturated rings. The SMILES string of the molecule is CC(C)(C)OC(=O)NCCCCCCC(=O)O.CC(C)(C)OC(=O)NCCCCCCC(=O)OCCl. The van der Waals surface area contributed by atoms with Crippen molar-refractivity contribution in [3.63, 3.8) is 0 Å². The van der Waals surface area contributed by atoms with Crippen molar-refractivity contribution < 1.29 is 38.5 Å². The molecule has 0 atom stereocenters. The lowest BCUT2D eigenvalue weighted by Crippen LogP contribution is -2.33. The number of nitrogens with one attached hydrogen (secondary N) is 2. The Morgan fingerprint density at radius 1 is 0.667 bits per heavy atom. The summed E-state index contributed by atoms with van der Waals surface area (Å²) >= 11 is 5.26. The molecular weight excluding hydrogens is 492 g/mol. The summed E-state index contributed by atoms with van der Waals surface area (Å²) in [7, 11) is 0. The van der Waals surface area contributed by atoms with E-state index in [1.165, 1.54) is 0 Å². The summed E-state index contributed by atoms with van der Waals surface area (Å²) in [5, 5.41) is 13.8. The average molecular weight is 539 g/mol. The monoisotopic (exact) mass is 538 g/mol. The van der Waals surface area contributed by atoms with E-state index in [2.05, 4.69) is 15.4 Å². The zero-order valence-electron chi connectivity index (χ0n) is 22.9. The lowest BCUT2D eigenvalue weighted by Gasteiger charge is -2.19. The maximum Gasteiger partial charge on any atom is 0.407 e. The fourth-order valence-electron chi connectivity index (χ4n) is 2.64. The molecule has 0 aromatic heterocycles. The van der Waals surface area contributed by atoms with Crippen LogP contribution in [0.2, 0.25) is 0 Å². The zero-order valence-corrected chi connectivity index (χ0v) is 23.6. The molecule has 2 amide bonds. The molecule has 0 bridgehead atoms. The predicted molar refractivity (Wildman–Crippen MR) is 139 cm³/mol. The minimum Gasteiger partial charge on any atom is -0.481 e. The number of halogens is 1. The number of carbonyl (C=O) groups is 4. The van der Waals surface area contributed by atoms with E-state index in [4.69, 9.17) is 26.2 Å². The first kappa shape index (κ1) is 35.9. The summed E-state index contributed by atoms with van der Waals surface area (Å²) in [6, 6.07) is -0.0847. The van der Waals surface area contributed by atoms with Crippen molar-refractivity contribution in [1.29, 1.82) is 0 Å². The summed E-state index contributed by atoms with van der Waals surface area (Å²) < 4.78 is 14.8. The number of alkyl halides is 1. The van der Waals surface area contributed by atoms with Gasteiger partial charge in [-0.25, -0.2) is 9.59 Å². The highest BCUT2D eigenvalue weighted by Crippen LogP contribution is 2.08. The molecule has 0 heterocycles. The van der Waals surface area contributed by atoms with Crippen LogP contribution in [-0.4, -0.2) is 59.6 Å². The molecule has 10 nitrogen and oxygen atoms in total. The van der Waals surface area contributed by atoms with Crippen LogP contribution in [0.15, 0.2) is 0 Å². The summed E-state index contributed by atoms with van der Waals surface area (Å²) in [5.74, 6) is -1.02. The van der Waals surface area contributed by atoms with Gasteiger partial charge in [-0.15, -0.1) is 0 Å². The van der Waals surface area contributed by atoms with Crippen LogP contribution in [0.5, 0.6) is 0 Å². The quantitative estimate of drug-likeness (QED) is 0.104.